The van der Waals surface area contributed by atoms with Gasteiger partial charge in [0.1, 0.15) is 5.82 Å². The summed E-state index contributed by atoms with van der Waals surface area (Å²) in [4.78, 5) is 12.7. The number of nitrogens with one attached hydrogen (secondary N) is 2. The maximum absolute atomic E-state index is 14.5. The Morgan fingerprint density at radius 1 is 1.21 bits per heavy atom. The molecule has 5 rings (SSSR count). The van der Waals surface area contributed by atoms with E-state index in [4.69, 9.17) is 0 Å². The van der Waals surface area contributed by atoms with Crippen LogP contribution in [0.2, 0.25) is 0 Å². The fraction of sp³-hybridized carbons (Fsp3) is 0.300. The average molecular weight is 378 g/mol. The highest BCUT2D eigenvalue weighted by Gasteiger charge is 2.28. The molecule has 2 N–H and O–H groups in total. The molecule has 1 aromatic heterocycles. The van der Waals surface area contributed by atoms with E-state index in [9.17, 15) is 9.18 Å². The highest BCUT2D eigenvalue weighted by atomic mass is 19.1. The number of carbonyl (C=O) groups is 1. The van der Waals surface area contributed by atoms with Gasteiger partial charge in [-0.25, -0.2) is 9.07 Å². The van der Waals surface area contributed by atoms with Gasteiger partial charge in [-0.05, 0) is 71.6 Å². The van der Waals surface area contributed by atoms with Crippen LogP contribution in [0.5, 0.6) is 0 Å². The molecule has 8 heteroatoms. The molecular weight excluding hydrogens is 359 g/mol. The highest BCUT2D eigenvalue weighted by molar-refractivity contribution is 6.04. The van der Waals surface area contributed by atoms with E-state index in [1.165, 1.54) is 6.07 Å². The summed E-state index contributed by atoms with van der Waals surface area (Å²) >= 11 is 0. The lowest BCUT2D eigenvalue weighted by atomic mass is 9.97. The Morgan fingerprint density at radius 3 is 2.96 bits per heavy atom. The Balaban J connectivity index is 1.41. The largest absolute Gasteiger partial charge is 0.322 e. The molecule has 2 aliphatic rings. The number of benzene rings is 2. The number of nitrogens with zero attached hydrogens (tertiary/aromatic N) is 4. The Bertz CT molecular complexity index is 1060. The number of tetrazole rings is 1. The molecule has 3 aromatic rings. The van der Waals surface area contributed by atoms with Crippen molar-refractivity contribution in [1.29, 1.82) is 0 Å². The van der Waals surface area contributed by atoms with E-state index < -0.39 is 11.7 Å². The van der Waals surface area contributed by atoms with Crippen LogP contribution in [0.4, 0.5) is 10.1 Å². The van der Waals surface area contributed by atoms with Gasteiger partial charge in [0.05, 0.1) is 11.6 Å². The second-order valence-electron chi connectivity index (χ2n) is 7.24. The molecule has 1 aliphatic heterocycles. The van der Waals surface area contributed by atoms with Gasteiger partial charge >= 0.3 is 0 Å². The zero-order valence-corrected chi connectivity index (χ0v) is 15.2. The van der Waals surface area contributed by atoms with Crippen molar-refractivity contribution in [3.63, 3.8) is 0 Å². The number of hydrogen-bond acceptors (Lipinski definition) is 5. The Hall–Kier alpha value is -3.13. The predicted octanol–water partition coefficient (Wildman–Crippen LogP) is 2.71. The van der Waals surface area contributed by atoms with Crippen molar-refractivity contribution in [1.82, 2.24) is 25.5 Å². The molecule has 28 heavy (non-hydrogen) atoms. The van der Waals surface area contributed by atoms with E-state index in [-0.39, 0.29) is 5.56 Å². The monoisotopic (exact) mass is 378 g/mol. The minimum Gasteiger partial charge on any atom is -0.322 e. The van der Waals surface area contributed by atoms with Crippen LogP contribution in [0.1, 0.15) is 40.4 Å². The first-order valence-electron chi connectivity index (χ1n) is 9.41. The molecule has 0 atom stereocenters. The van der Waals surface area contributed by atoms with Gasteiger partial charge < -0.3 is 10.6 Å². The van der Waals surface area contributed by atoms with E-state index in [0.29, 0.717) is 24.1 Å². The highest BCUT2D eigenvalue weighted by Crippen LogP contribution is 2.36. The van der Waals surface area contributed by atoms with E-state index >= 15 is 0 Å². The Labute approximate surface area is 160 Å². The van der Waals surface area contributed by atoms with Crippen molar-refractivity contribution in [2.24, 2.45) is 0 Å². The van der Waals surface area contributed by atoms with E-state index in [1.807, 2.05) is 16.8 Å². The molecule has 2 aromatic carbocycles. The maximum atomic E-state index is 14.5. The summed E-state index contributed by atoms with van der Waals surface area (Å²) in [5.74, 6) is -0.290. The molecule has 0 unspecified atom stereocenters. The number of carbonyl (C=O) groups excluding carboxylic acids is 1. The third-order valence-electron chi connectivity index (χ3n) is 5.18. The number of aromatic nitrogens is 4. The van der Waals surface area contributed by atoms with Crippen LogP contribution in [0.15, 0.2) is 36.4 Å². The molecule has 1 fully saturated rings. The molecule has 0 radical (unpaired) electrons. The summed E-state index contributed by atoms with van der Waals surface area (Å²) in [6.07, 6.45) is 2.91. The number of amides is 1. The van der Waals surface area contributed by atoms with Gasteiger partial charge in [-0.15, -0.1) is 5.10 Å². The normalized spacial score (nSPS) is 15.9. The summed E-state index contributed by atoms with van der Waals surface area (Å²) in [5, 5.41) is 18.0. The molecular formula is C20H19FN6O. The standard InChI is InChI=1S/C20H19FN6O/c21-18-10-12-6-7-22-11-14(12)9-17(18)20(28)23-15-3-1-2-13(8-15)19-24-25-26-27(19)16-4-5-16/h1-3,8-10,16,22H,4-7,11H2,(H,23,28). The number of halogens is 1. The van der Waals surface area contributed by atoms with Gasteiger partial charge in [0.2, 0.25) is 0 Å². The van der Waals surface area contributed by atoms with Crippen molar-refractivity contribution >= 4 is 11.6 Å². The molecule has 1 aliphatic carbocycles. The van der Waals surface area contributed by atoms with Crippen molar-refractivity contribution in [2.75, 3.05) is 11.9 Å². The smallest absolute Gasteiger partial charge is 0.258 e. The van der Waals surface area contributed by atoms with E-state index in [2.05, 4.69) is 26.2 Å². The van der Waals surface area contributed by atoms with Gasteiger partial charge in [0.15, 0.2) is 5.82 Å². The van der Waals surface area contributed by atoms with Crippen molar-refractivity contribution in [3.8, 4) is 11.4 Å². The molecule has 142 valence electrons. The topological polar surface area (TPSA) is 84.7 Å². The third-order valence-corrected chi connectivity index (χ3v) is 5.18. The lowest BCUT2D eigenvalue weighted by Crippen LogP contribution is -2.25. The molecule has 7 nitrogen and oxygen atoms in total. The SMILES string of the molecule is O=C(Nc1cccc(-c2nnnn2C2CC2)c1)c1cc2c(cc1F)CCNC2. The summed E-state index contributed by atoms with van der Waals surface area (Å²) in [6.45, 7) is 1.47. The first-order valence-corrected chi connectivity index (χ1v) is 9.41. The molecule has 0 saturated heterocycles. The van der Waals surface area contributed by atoms with Crippen molar-refractivity contribution < 1.29 is 9.18 Å². The molecule has 1 amide bonds. The lowest BCUT2D eigenvalue weighted by molar-refractivity contribution is 0.102. The first kappa shape index (κ1) is 17.0. The second kappa shape index (κ2) is 6.79. The number of rotatable bonds is 4. The van der Waals surface area contributed by atoms with Crippen molar-refractivity contribution in [2.45, 2.75) is 31.8 Å². The first-order chi connectivity index (χ1) is 13.7. The van der Waals surface area contributed by atoms with E-state index in [1.54, 1.807) is 18.2 Å². The van der Waals surface area contributed by atoms with E-state index in [0.717, 1.165) is 42.5 Å². The Kier molecular flexibility index (Phi) is 4.12. The van der Waals surface area contributed by atoms with Crippen molar-refractivity contribution in [3.05, 3.63) is 58.9 Å². The van der Waals surface area contributed by atoms with Crippen LogP contribution < -0.4 is 10.6 Å². The Morgan fingerprint density at radius 2 is 2.11 bits per heavy atom. The minimum atomic E-state index is -0.494. The zero-order chi connectivity index (χ0) is 19.1. The van der Waals surface area contributed by atoms with Crippen LogP contribution >= 0.6 is 0 Å². The van der Waals surface area contributed by atoms with Crippen LogP contribution in [0.25, 0.3) is 11.4 Å². The molecule has 2 heterocycles. The third kappa shape index (κ3) is 3.16. The van der Waals surface area contributed by atoms with Crippen LogP contribution in [-0.4, -0.2) is 32.7 Å². The summed E-state index contributed by atoms with van der Waals surface area (Å²) in [7, 11) is 0. The van der Waals surface area contributed by atoms with Gasteiger partial charge in [0, 0.05) is 17.8 Å². The summed E-state index contributed by atoms with van der Waals surface area (Å²) in [6, 6.07) is 10.8. The second-order valence-corrected chi connectivity index (χ2v) is 7.24. The predicted molar refractivity (Wildman–Crippen MR) is 101 cm³/mol. The number of anilines is 1. The summed E-state index contributed by atoms with van der Waals surface area (Å²) in [5.41, 5.74) is 3.36. The minimum absolute atomic E-state index is 0.0515. The number of hydrogen-bond donors (Lipinski definition) is 2. The number of fused-ring (bicyclic) bond motifs is 1. The quantitative estimate of drug-likeness (QED) is 0.729. The molecule has 1 saturated carbocycles. The maximum Gasteiger partial charge on any atom is 0.258 e. The van der Waals surface area contributed by atoms with Gasteiger partial charge in [0.25, 0.3) is 5.91 Å². The fourth-order valence-electron chi connectivity index (χ4n) is 3.56. The molecule has 0 spiro atoms. The van der Waals surface area contributed by atoms with Gasteiger partial charge in [-0.3, -0.25) is 4.79 Å². The lowest BCUT2D eigenvalue weighted by Gasteiger charge is -2.18. The van der Waals surface area contributed by atoms with Gasteiger partial charge in [-0.2, -0.15) is 0 Å². The van der Waals surface area contributed by atoms with Crippen LogP contribution in [0, 0.1) is 5.82 Å². The van der Waals surface area contributed by atoms with Gasteiger partial charge in [-0.1, -0.05) is 12.1 Å². The average Bonchev–Trinajstić information content (AvgIpc) is 3.43. The zero-order valence-electron chi connectivity index (χ0n) is 15.2. The fourth-order valence-corrected chi connectivity index (χ4v) is 3.56. The van der Waals surface area contributed by atoms with Crippen LogP contribution in [-0.2, 0) is 13.0 Å². The van der Waals surface area contributed by atoms with Crippen LogP contribution in [0.3, 0.4) is 0 Å². The molecule has 0 bridgehead atoms. The summed E-state index contributed by atoms with van der Waals surface area (Å²) < 4.78 is 16.3.